The van der Waals surface area contributed by atoms with Crippen molar-refractivity contribution >= 4 is 49.3 Å². The number of hydrogen-bond acceptors (Lipinski definition) is 4. The number of pyridine rings is 1. The molecule has 1 aliphatic heterocycles. The first-order valence-corrected chi connectivity index (χ1v) is 7.84. The number of fused-ring (bicyclic) bond motifs is 1. The number of H-pyrrole nitrogens is 1. The Kier molecular flexibility index (Phi) is 4.07. The van der Waals surface area contributed by atoms with Gasteiger partial charge in [-0.05, 0) is 44.0 Å². The lowest BCUT2D eigenvalue weighted by Gasteiger charge is -2.05. The number of rotatable bonds is 2. The minimum Gasteiger partial charge on any atom is -0.350 e. The van der Waals surface area contributed by atoms with Crippen molar-refractivity contribution in [3.05, 3.63) is 44.7 Å². The number of hydrogen-bond donors (Lipinski definition) is 3. The molecule has 0 saturated carbocycles. The minimum absolute atomic E-state index is 0.139. The third kappa shape index (κ3) is 2.86. The zero-order valence-electron chi connectivity index (χ0n) is 10.8. The Morgan fingerprint density at radius 3 is 2.95 bits per heavy atom. The number of halogens is 2. The van der Waals surface area contributed by atoms with E-state index in [4.69, 9.17) is 0 Å². The van der Waals surface area contributed by atoms with Crippen LogP contribution in [-0.4, -0.2) is 28.1 Å². The summed E-state index contributed by atoms with van der Waals surface area (Å²) in [6, 6.07) is 5.54. The second-order valence-electron chi connectivity index (χ2n) is 4.39. The van der Waals surface area contributed by atoms with Crippen LogP contribution in [0.2, 0.25) is 0 Å². The fourth-order valence-electron chi connectivity index (χ4n) is 2.06. The molecule has 0 fully saturated rings. The molecule has 1 amide bonds. The number of nitrogens with one attached hydrogen (secondary N) is 3. The van der Waals surface area contributed by atoms with Crippen LogP contribution in [0, 0.1) is 0 Å². The maximum absolute atomic E-state index is 12.0. The largest absolute Gasteiger partial charge is 0.350 e. The second-order valence-corrected chi connectivity index (χ2v) is 5.98. The van der Waals surface area contributed by atoms with Crippen LogP contribution in [-0.2, 0) is 0 Å². The van der Waals surface area contributed by atoms with E-state index < -0.39 is 0 Å². The fraction of sp³-hybridized carbons (Fsp3) is 0.154. The molecule has 3 N–H and O–H groups in total. The van der Waals surface area contributed by atoms with Crippen molar-refractivity contribution in [2.75, 3.05) is 12.0 Å². The Morgan fingerprint density at radius 2 is 2.19 bits per heavy atom. The molecule has 0 atom stereocenters. The molecular weight excluding hydrogens is 402 g/mol. The Morgan fingerprint density at radius 1 is 1.33 bits per heavy atom. The van der Waals surface area contributed by atoms with Gasteiger partial charge < -0.3 is 10.3 Å². The van der Waals surface area contributed by atoms with Gasteiger partial charge in [-0.2, -0.15) is 5.10 Å². The SMILES string of the molecule is O=C1NCC/C(=N\Nc2ccccn2)c2c1[nH]c(Br)c2Br. The Hall–Kier alpha value is -1.67. The Balaban J connectivity index is 1.99. The summed E-state index contributed by atoms with van der Waals surface area (Å²) < 4.78 is 1.51. The van der Waals surface area contributed by atoms with Gasteiger partial charge in [-0.1, -0.05) is 6.07 Å². The van der Waals surface area contributed by atoms with Gasteiger partial charge in [0.1, 0.15) is 11.5 Å². The van der Waals surface area contributed by atoms with E-state index in [1.807, 2.05) is 18.2 Å². The first kappa shape index (κ1) is 14.3. The fourth-order valence-corrected chi connectivity index (χ4v) is 2.98. The summed E-state index contributed by atoms with van der Waals surface area (Å²) in [6.07, 6.45) is 2.32. The zero-order valence-corrected chi connectivity index (χ0v) is 14.0. The van der Waals surface area contributed by atoms with Crippen LogP contribution < -0.4 is 10.7 Å². The molecule has 1 aliphatic rings. The number of nitrogens with zero attached hydrogens (tertiary/aromatic N) is 2. The van der Waals surface area contributed by atoms with Crippen LogP contribution in [0.1, 0.15) is 22.5 Å². The van der Waals surface area contributed by atoms with Crippen LogP contribution in [0.4, 0.5) is 5.82 Å². The first-order valence-electron chi connectivity index (χ1n) is 6.26. The van der Waals surface area contributed by atoms with E-state index in [2.05, 4.69) is 57.7 Å². The molecule has 0 radical (unpaired) electrons. The smallest absolute Gasteiger partial charge is 0.268 e. The normalized spacial score (nSPS) is 16.3. The molecule has 6 nitrogen and oxygen atoms in total. The molecule has 2 aromatic heterocycles. The van der Waals surface area contributed by atoms with Crippen molar-refractivity contribution in [1.29, 1.82) is 0 Å². The van der Waals surface area contributed by atoms with Crippen molar-refractivity contribution in [3.63, 3.8) is 0 Å². The molecule has 21 heavy (non-hydrogen) atoms. The highest BCUT2D eigenvalue weighted by Crippen LogP contribution is 2.31. The highest BCUT2D eigenvalue weighted by Gasteiger charge is 2.26. The topological polar surface area (TPSA) is 82.2 Å². The molecule has 0 aromatic carbocycles. The molecule has 0 saturated heterocycles. The van der Waals surface area contributed by atoms with Crippen LogP contribution >= 0.6 is 31.9 Å². The molecule has 0 spiro atoms. The number of carbonyl (C=O) groups is 1. The summed E-state index contributed by atoms with van der Waals surface area (Å²) in [6.45, 7) is 0.536. The second kappa shape index (κ2) is 5.98. The maximum Gasteiger partial charge on any atom is 0.268 e. The molecule has 2 aromatic rings. The first-order chi connectivity index (χ1) is 10.2. The monoisotopic (exact) mass is 411 g/mol. The lowest BCUT2D eigenvalue weighted by molar-refractivity contribution is 0.0951. The van der Waals surface area contributed by atoms with E-state index >= 15 is 0 Å². The molecule has 0 bridgehead atoms. The van der Waals surface area contributed by atoms with Gasteiger partial charge in [0.15, 0.2) is 0 Å². The average Bonchev–Trinajstić information content (AvgIpc) is 2.70. The van der Waals surface area contributed by atoms with E-state index in [-0.39, 0.29) is 5.91 Å². The summed E-state index contributed by atoms with van der Waals surface area (Å²) in [5.41, 5.74) is 4.96. The van der Waals surface area contributed by atoms with E-state index in [0.717, 1.165) is 20.4 Å². The summed E-state index contributed by atoms with van der Waals surface area (Å²) in [7, 11) is 0. The van der Waals surface area contributed by atoms with Gasteiger partial charge in [0, 0.05) is 24.7 Å². The van der Waals surface area contributed by atoms with Gasteiger partial charge in [0.25, 0.3) is 5.91 Å². The van der Waals surface area contributed by atoms with Gasteiger partial charge >= 0.3 is 0 Å². The summed E-state index contributed by atoms with van der Waals surface area (Å²) in [4.78, 5) is 19.2. The van der Waals surface area contributed by atoms with Crippen molar-refractivity contribution in [2.24, 2.45) is 5.10 Å². The molecule has 0 aliphatic carbocycles. The quantitative estimate of drug-likeness (QED) is 0.663. The summed E-state index contributed by atoms with van der Waals surface area (Å²) in [5.74, 6) is 0.514. The van der Waals surface area contributed by atoms with E-state index in [0.29, 0.717) is 24.5 Å². The lowest BCUT2D eigenvalue weighted by atomic mass is 10.1. The number of aromatic amines is 1. The third-order valence-electron chi connectivity index (χ3n) is 3.03. The molecule has 3 heterocycles. The zero-order chi connectivity index (χ0) is 14.8. The van der Waals surface area contributed by atoms with E-state index in [1.165, 1.54) is 0 Å². The standard InChI is InChI=1S/C13H11Br2N5O/c14-10-9-7(19-20-8-3-1-2-5-16-8)4-6-17-13(21)11(9)18-12(10)15/h1-3,5,18H,4,6H2,(H,16,20)(H,17,21)/b19-7+. The maximum atomic E-state index is 12.0. The number of amides is 1. The van der Waals surface area contributed by atoms with Gasteiger partial charge in [-0.15, -0.1) is 0 Å². The van der Waals surface area contributed by atoms with Crippen LogP contribution in [0.25, 0.3) is 0 Å². The average molecular weight is 413 g/mol. The van der Waals surface area contributed by atoms with Gasteiger partial charge in [-0.3, -0.25) is 10.2 Å². The highest BCUT2D eigenvalue weighted by molar-refractivity contribution is 9.13. The number of anilines is 1. The van der Waals surface area contributed by atoms with Gasteiger partial charge in [0.2, 0.25) is 0 Å². The number of aromatic nitrogens is 2. The van der Waals surface area contributed by atoms with Crippen molar-refractivity contribution in [1.82, 2.24) is 15.3 Å². The van der Waals surface area contributed by atoms with Gasteiger partial charge in [-0.25, -0.2) is 4.98 Å². The number of carbonyl (C=O) groups excluding carboxylic acids is 1. The van der Waals surface area contributed by atoms with Crippen molar-refractivity contribution < 1.29 is 4.79 Å². The van der Waals surface area contributed by atoms with Gasteiger partial charge in [0.05, 0.1) is 14.8 Å². The predicted molar refractivity (Wildman–Crippen MR) is 87.5 cm³/mol. The summed E-state index contributed by atoms with van der Waals surface area (Å²) >= 11 is 6.87. The molecule has 0 unspecified atom stereocenters. The predicted octanol–water partition coefficient (Wildman–Crippen LogP) is 2.88. The Labute approximate surface area is 137 Å². The molecular formula is C13H11Br2N5O. The summed E-state index contributed by atoms with van der Waals surface area (Å²) in [5, 5.41) is 7.24. The minimum atomic E-state index is -0.139. The molecule has 8 heteroatoms. The van der Waals surface area contributed by atoms with E-state index in [9.17, 15) is 4.79 Å². The molecule has 108 valence electrons. The van der Waals surface area contributed by atoms with E-state index in [1.54, 1.807) is 6.20 Å². The third-order valence-corrected chi connectivity index (χ3v) is 4.95. The van der Waals surface area contributed by atoms with Crippen molar-refractivity contribution in [3.8, 4) is 0 Å². The highest BCUT2D eigenvalue weighted by atomic mass is 79.9. The Bertz CT molecular complexity index is 711. The van der Waals surface area contributed by atoms with Crippen molar-refractivity contribution in [2.45, 2.75) is 6.42 Å². The van der Waals surface area contributed by atoms with Crippen LogP contribution in [0.5, 0.6) is 0 Å². The number of hydrazone groups is 1. The molecule has 3 rings (SSSR count). The van der Waals surface area contributed by atoms with Crippen LogP contribution in [0.15, 0.2) is 38.6 Å². The van der Waals surface area contributed by atoms with Crippen LogP contribution in [0.3, 0.4) is 0 Å². The lowest BCUT2D eigenvalue weighted by Crippen LogP contribution is -2.23.